The molecule has 136 valence electrons. The molecule has 1 fully saturated rings. The molecular formula is C19H26N2O4. The molecule has 0 bridgehead atoms. The average molecular weight is 346 g/mol. The molecule has 2 rings (SSSR count). The summed E-state index contributed by atoms with van der Waals surface area (Å²) in [5, 5.41) is 11.9. The molecule has 2 atom stereocenters. The molecule has 1 saturated heterocycles. The Morgan fingerprint density at radius 2 is 1.96 bits per heavy atom. The molecule has 1 aromatic carbocycles. The van der Waals surface area contributed by atoms with Gasteiger partial charge in [0.2, 0.25) is 11.8 Å². The summed E-state index contributed by atoms with van der Waals surface area (Å²) in [5.74, 6) is -1.48. The van der Waals surface area contributed by atoms with Gasteiger partial charge in [-0.25, -0.2) is 0 Å². The summed E-state index contributed by atoms with van der Waals surface area (Å²) in [4.78, 5) is 37.4. The minimum absolute atomic E-state index is 0.0256. The lowest BCUT2D eigenvalue weighted by Crippen LogP contribution is -2.36. The maximum absolute atomic E-state index is 12.3. The lowest BCUT2D eigenvalue weighted by molar-refractivity contribution is -0.147. The van der Waals surface area contributed by atoms with Crippen LogP contribution in [-0.4, -0.2) is 40.9 Å². The number of nitrogens with zero attached hydrogens (tertiary/aromatic N) is 1. The van der Waals surface area contributed by atoms with Gasteiger partial charge in [0.15, 0.2) is 0 Å². The van der Waals surface area contributed by atoms with Gasteiger partial charge in [0.05, 0.1) is 17.4 Å². The van der Waals surface area contributed by atoms with E-state index in [1.165, 1.54) is 0 Å². The van der Waals surface area contributed by atoms with Crippen molar-refractivity contribution in [3.05, 3.63) is 35.9 Å². The minimum Gasteiger partial charge on any atom is -0.481 e. The highest BCUT2D eigenvalue weighted by Crippen LogP contribution is 2.28. The number of aliphatic carboxylic acids is 1. The zero-order chi connectivity index (χ0) is 18.6. The van der Waals surface area contributed by atoms with Gasteiger partial charge in [-0.1, -0.05) is 30.3 Å². The van der Waals surface area contributed by atoms with Crippen molar-refractivity contribution in [1.82, 2.24) is 10.2 Å². The van der Waals surface area contributed by atoms with Gasteiger partial charge in [0.1, 0.15) is 0 Å². The second-order valence-electron chi connectivity index (χ2n) is 7.26. The second-order valence-corrected chi connectivity index (χ2v) is 7.26. The van der Waals surface area contributed by atoms with Crippen LogP contribution >= 0.6 is 0 Å². The van der Waals surface area contributed by atoms with Gasteiger partial charge >= 0.3 is 5.97 Å². The van der Waals surface area contributed by atoms with Gasteiger partial charge in [-0.05, 0) is 32.8 Å². The zero-order valence-electron chi connectivity index (χ0n) is 15.0. The van der Waals surface area contributed by atoms with Gasteiger partial charge in [0, 0.05) is 19.5 Å². The van der Waals surface area contributed by atoms with Gasteiger partial charge in [-0.3, -0.25) is 14.4 Å². The Morgan fingerprint density at radius 3 is 2.56 bits per heavy atom. The summed E-state index contributed by atoms with van der Waals surface area (Å²) in [6.45, 7) is 5.90. The normalized spacial score (nSPS) is 18.9. The molecule has 6 nitrogen and oxygen atoms in total. The van der Waals surface area contributed by atoms with E-state index in [4.69, 9.17) is 5.11 Å². The first-order valence-corrected chi connectivity index (χ1v) is 8.58. The first-order chi connectivity index (χ1) is 11.7. The molecule has 1 aromatic rings. The topological polar surface area (TPSA) is 86.7 Å². The van der Waals surface area contributed by atoms with E-state index in [1.807, 2.05) is 37.3 Å². The number of carbonyl (C=O) groups is 3. The number of hydrogen-bond donors (Lipinski definition) is 2. The number of carboxylic acids is 1. The second kappa shape index (κ2) is 7.68. The molecule has 0 aromatic heterocycles. The van der Waals surface area contributed by atoms with E-state index in [2.05, 4.69) is 5.32 Å². The van der Waals surface area contributed by atoms with Crippen LogP contribution in [0.2, 0.25) is 0 Å². The molecule has 1 heterocycles. The Balaban J connectivity index is 1.89. The van der Waals surface area contributed by atoms with Crippen molar-refractivity contribution < 1.29 is 19.5 Å². The molecular weight excluding hydrogens is 320 g/mol. The predicted octanol–water partition coefficient (Wildman–Crippen LogP) is 2.21. The standard InChI is InChI=1S/C19H26N2O4/c1-13(14-7-5-4-6-8-14)21-12-15(11-16(21)22)17(23)20-10-9-19(2,3)18(24)25/h4-8,13,15H,9-12H2,1-3H3,(H,20,23)(H,24,25). The highest BCUT2D eigenvalue weighted by molar-refractivity contribution is 5.89. The summed E-state index contributed by atoms with van der Waals surface area (Å²) in [6, 6.07) is 9.66. The molecule has 2 unspecified atom stereocenters. The van der Waals surface area contributed by atoms with Crippen LogP contribution in [0.3, 0.4) is 0 Å². The lowest BCUT2D eigenvalue weighted by Gasteiger charge is -2.25. The number of carboxylic acid groups (broad SMARTS) is 1. The maximum Gasteiger partial charge on any atom is 0.309 e. The third kappa shape index (κ3) is 4.59. The van der Waals surface area contributed by atoms with Crippen LogP contribution in [0, 0.1) is 11.3 Å². The summed E-state index contributed by atoms with van der Waals surface area (Å²) in [5.41, 5.74) is 0.159. The van der Waals surface area contributed by atoms with E-state index in [9.17, 15) is 14.4 Å². The van der Waals surface area contributed by atoms with Crippen molar-refractivity contribution in [3.63, 3.8) is 0 Å². The molecule has 0 aliphatic carbocycles. The third-order valence-corrected chi connectivity index (χ3v) is 4.91. The van der Waals surface area contributed by atoms with E-state index >= 15 is 0 Å². The summed E-state index contributed by atoms with van der Waals surface area (Å²) < 4.78 is 0. The highest BCUT2D eigenvalue weighted by atomic mass is 16.4. The first-order valence-electron chi connectivity index (χ1n) is 8.58. The fraction of sp³-hybridized carbons (Fsp3) is 0.526. The Morgan fingerprint density at radius 1 is 1.32 bits per heavy atom. The Labute approximate surface area is 148 Å². The number of nitrogens with one attached hydrogen (secondary N) is 1. The Hall–Kier alpha value is -2.37. The molecule has 0 saturated carbocycles. The van der Waals surface area contributed by atoms with E-state index in [0.29, 0.717) is 13.0 Å². The number of rotatable bonds is 7. The van der Waals surface area contributed by atoms with Gasteiger partial charge in [0.25, 0.3) is 0 Å². The maximum atomic E-state index is 12.3. The van der Waals surface area contributed by atoms with Crippen molar-refractivity contribution in [2.75, 3.05) is 13.1 Å². The summed E-state index contributed by atoms with van der Waals surface area (Å²) in [7, 11) is 0. The summed E-state index contributed by atoms with van der Waals surface area (Å²) in [6.07, 6.45) is 0.546. The molecule has 2 N–H and O–H groups in total. The van der Waals surface area contributed by atoms with E-state index in [0.717, 1.165) is 5.56 Å². The molecule has 1 aliphatic heterocycles. The van der Waals surface area contributed by atoms with Gasteiger partial charge < -0.3 is 15.3 Å². The Kier molecular flexibility index (Phi) is 5.82. The van der Waals surface area contributed by atoms with Crippen molar-refractivity contribution in [2.45, 2.75) is 39.7 Å². The van der Waals surface area contributed by atoms with Gasteiger partial charge in [-0.15, -0.1) is 0 Å². The average Bonchev–Trinajstić information content (AvgIpc) is 2.96. The smallest absolute Gasteiger partial charge is 0.309 e. The van der Waals surface area contributed by atoms with Crippen molar-refractivity contribution in [2.24, 2.45) is 11.3 Å². The monoisotopic (exact) mass is 346 g/mol. The van der Waals surface area contributed by atoms with E-state index < -0.39 is 11.4 Å². The van der Waals surface area contributed by atoms with Crippen LogP contribution in [0.25, 0.3) is 0 Å². The van der Waals surface area contributed by atoms with E-state index in [-0.39, 0.29) is 36.7 Å². The fourth-order valence-corrected chi connectivity index (χ4v) is 2.94. The number of carbonyl (C=O) groups excluding carboxylic acids is 2. The van der Waals surface area contributed by atoms with Crippen LogP contribution in [0.4, 0.5) is 0 Å². The SMILES string of the molecule is CC(c1ccccc1)N1CC(C(=O)NCCC(C)(C)C(=O)O)CC1=O. The summed E-state index contributed by atoms with van der Waals surface area (Å²) >= 11 is 0. The van der Waals surface area contributed by atoms with Crippen LogP contribution in [0.15, 0.2) is 30.3 Å². The van der Waals surface area contributed by atoms with Crippen LogP contribution in [-0.2, 0) is 14.4 Å². The Bertz CT molecular complexity index is 642. The van der Waals surface area contributed by atoms with Crippen molar-refractivity contribution in [3.8, 4) is 0 Å². The number of amides is 2. The van der Waals surface area contributed by atoms with Gasteiger partial charge in [-0.2, -0.15) is 0 Å². The minimum atomic E-state index is -0.888. The van der Waals surface area contributed by atoms with E-state index in [1.54, 1.807) is 18.7 Å². The predicted molar refractivity (Wildman–Crippen MR) is 93.7 cm³/mol. The molecule has 1 aliphatic rings. The first kappa shape index (κ1) is 19.0. The third-order valence-electron chi connectivity index (χ3n) is 4.91. The number of benzene rings is 1. The molecule has 2 amide bonds. The quantitative estimate of drug-likeness (QED) is 0.792. The lowest BCUT2D eigenvalue weighted by atomic mass is 9.89. The molecule has 6 heteroatoms. The largest absolute Gasteiger partial charge is 0.481 e. The van der Waals surface area contributed by atoms with Crippen LogP contribution in [0.1, 0.15) is 45.2 Å². The van der Waals surface area contributed by atoms with Crippen molar-refractivity contribution >= 4 is 17.8 Å². The number of likely N-dealkylation sites (tertiary alicyclic amines) is 1. The number of hydrogen-bond acceptors (Lipinski definition) is 3. The van der Waals surface area contributed by atoms with Crippen molar-refractivity contribution in [1.29, 1.82) is 0 Å². The van der Waals surface area contributed by atoms with Crippen LogP contribution in [0.5, 0.6) is 0 Å². The highest BCUT2D eigenvalue weighted by Gasteiger charge is 2.37. The molecule has 0 spiro atoms. The molecule has 0 radical (unpaired) electrons. The fourth-order valence-electron chi connectivity index (χ4n) is 2.94. The van der Waals surface area contributed by atoms with Crippen LogP contribution < -0.4 is 5.32 Å². The zero-order valence-corrected chi connectivity index (χ0v) is 15.0. The molecule has 25 heavy (non-hydrogen) atoms.